The Bertz CT molecular complexity index is 718. The van der Waals surface area contributed by atoms with Crippen LogP contribution in [0.25, 0.3) is 10.2 Å². The number of hydrogen-bond acceptors (Lipinski definition) is 3. The molecule has 1 heterocycles. The molecule has 0 aliphatic carbocycles. The molecule has 3 aromatic rings. The Morgan fingerprint density at radius 2 is 2.05 bits per heavy atom. The van der Waals surface area contributed by atoms with Crippen molar-refractivity contribution in [3.63, 3.8) is 0 Å². The van der Waals surface area contributed by atoms with E-state index >= 15 is 0 Å². The summed E-state index contributed by atoms with van der Waals surface area (Å²) in [6, 6.07) is 13.3. The molecular formula is C15H10ClNOS. The number of rotatable bonds is 3. The van der Waals surface area contributed by atoms with Gasteiger partial charge in [-0.05, 0) is 35.9 Å². The van der Waals surface area contributed by atoms with E-state index in [0.29, 0.717) is 17.0 Å². The van der Waals surface area contributed by atoms with Crippen molar-refractivity contribution >= 4 is 39.4 Å². The topological polar surface area (TPSA) is 30.0 Å². The monoisotopic (exact) mass is 287 g/mol. The normalized spacial score (nSPS) is 10.8. The number of carbonyl (C=O) groups excluding carboxylic acids is 1. The van der Waals surface area contributed by atoms with Crippen molar-refractivity contribution in [2.75, 3.05) is 0 Å². The van der Waals surface area contributed by atoms with Crippen LogP contribution in [0.4, 0.5) is 0 Å². The molecule has 0 N–H and O–H groups in total. The van der Waals surface area contributed by atoms with E-state index in [0.717, 1.165) is 27.1 Å². The standard InChI is InChI=1S/C15H10ClNOS/c16-12-6-5-10(9-18)11(7-12)8-15-17-13-3-1-2-4-14(13)19-15/h1-7,9H,8H2. The minimum absolute atomic E-state index is 0.633. The fourth-order valence-electron chi connectivity index (χ4n) is 2.00. The highest BCUT2D eigenvalue weighted by Crippen LogP contribution is 2.25. The van der Waals surface area contributed by atoms with Gasteiger partial charge in [0, 0.05) is 17.0 Å². The molecule has 2 aromatic carbocycles. The summed E-state index contributed by atoms with van der Waals surface area (Å²) >= 11 is 7.63. The minimum Gasteiger partial charge on any atom is -0.298 e. The predicted octanol–water partition coefficient (Wildman–Crippen LogP) is 4.35. The second-order valence-corrected chi connectivity index (χ2v) is 5.76. The number of nitrogens with zero attached hydrogens (tertiary/aromatic N) is 1. The molecule has 0 saturated carbocycles. The zero-order chi connectivity index (χ0) is 13.2. The van der Waals surface area contributed by atoms with Crippen molar-refractivity contribution in [2.24, 2.45) is 0 Å². The van der Waals surface area contributed by atoms with E-state index in [1.165, 1.54) is 0 Å². The van der Waals surface area contributed by atoms with Crippen LogP contribution in [0, 0.1) is 0 Å². The van der Waals surface area contributed by atoms with Gasteiger partial charge in [0.05, 0.1) is 15.2 Å². The fraction of sp³-hybridized carbons (Fsp3) is 0.0667. The summed E-state index contributed by atoms with van der Waals surface area (Å²) in [6.07, 6.45) is 1.49. The Morgan fingerprint density at radius 3 is 2.84 bits per heavy atom. The SMILES string of the molecule is O=Cc1ccc(Cl)cc1Cc1nc2ccccc2s1. The van der Waals surface area contributed by atoms with E-state index < -0.39 is 0 Å². The zero-order valence-electron chi connectivity index (χ0n) is 9.97. The van der Waals surface area contributed by atoms with E-state index in [2.05, 4.69) is 11.1 Å². The maximum Gasteiger partial charge on any atom is 0.150 e. The number of para-hydroxylation sites is 1. The summed E-state index contributed by atoms with van der Waals surface area (Å²) in [5.74, 6) is 0. The molecule has 0 atom stereocenters. The Morgan fingerprint density at radius 1 is 1.21 bits per heavy atom. The third kappa shape index (κ3) is 2.53. The second-order valence-electron chi connectivity index (χ2n) is 4.21. The molecule has 3 rings (SSSR count). The van der Waals surface area contributed by atoms with Gasteiger partial charge in [0.1, 0.15) is 6.29 Å². The second kappa shape index (κ2) is 5.11. The van der Waals surface area contributed by atoms with Gasteiger partial charge >= 0.3 is 0 Å². The molecule has 19 heavy (non-hydrogen) atoms. The van der Waals surface area contributed by atoms with Gasteiger partial charge in [-0.2, -0.15) is 0 Å². The molecule has 0 bridgehead atoms. The van der Waals surface area contributed by atoms with Gasteiger partial charge in [-0.15, -0.1) is 11.3 Å². The van der Waals surface area contributed by atoms with Crippen LogP contribution >= 0.6 is 22.9 Å². The van der Waals surface area contributed by atoms with Gasteiger partial charge in [-0.3, -0.25) is 4.79 Å². The highest BCUT2D eigenvalue weighted by atomic mass is 35.5. The molecule has 0 spiro atoms. The van der Waals surface area contributed by atoms with Crippen LogP contribution in [0.5, 0.6) is 0 Å². The number of aldehydes is 1. The van der Waals surface area contributed by atoms with Crippen molar-refractivity contribution in [3.8, 4) is 0 Å². The molecule has 0 amide bonds. The summed E-state index contributed by atoms with van der Waals surface area (Å²) in [6.45, 7) is 0. The van der Waals surface area contributed by atoms with Crippen LogP contribution in [0.3, 0.4) is 0 Å². The van der Waals surface area contributed by atoms with Gasteiger partial charge in [0.25, 0.3) is 0 Å². The summed E-state index contributed by atoms with van der Waals surface area (Å²) in [5, 5.41) is 1.63. The lowest BCUT2D eigenvalue weighted by molar-refractivity contribution is 0.112. The highest BCUT2D eigenvalue weighted by Gasteiger charge is 2.08. The minimum atomic E-state index is 0.633. The molecule has 0 saturated heterocycles. The first-order valence-electron chi connectivity index (χ1n) is 5.84. The number of thiazole rings is 1. The van der Waals surface area contributed by atoms with Crippen molar-refractivity contribution in [2.45, 2.75) is 6.42 Å². The van der Waals surface area contributed by atoms with Crippen molar-refractivity contribution in [1.82, 2.24) is 4.98 Å². The number of fused-ring (bicyclic) bond motifs is 1. The lowest BCUT2D eigenvalue weighted by Gasteiger charge is -2.02. The molecule has 0 fully saturated rings. The van der Waals surface area contributed by atoms with E-state index in [-0.39, 0.29) is 0 Å². The van der Waals surface area contributed by atoms with Crippen molar-refractivity contribution in [3.05, 3.63) is 63.6 Å². The van der Waals surface area contributed by atoms with Crippen LogP contribution in [-0.4, -0.2) is 11.3 Å². The van der Waals surface area contributed by atoms with E-state index in [4.69, 9.17) is 11.6 Å². The van der Waals surface area contributed by atoms with E-state index in [1.54, 1.807) is 23.5 Å². The third-order valence-corrected chi connectivity index (χ3v) is 4.18. The van der Waals surface area contributed by atoms with Crippen LogP contribution in [0.1, 0.15) is 20.9 Å². The molecule has 0 unspecified atom stereocenters. The van der Waals surface area contributed by atoms with Crippen LogP contribution in [0.2, 0.25) is 5.02 Å². The molecular weight excluding hydrogens is 278 g/mol. The summed E-state index contributed by atoms with van der Waals surface area (Å²) in [5.41, 5.74) is 2.59. The highest BCUT2D eigenvalue weighted by molar-refractivity contribution is 7.18. The Balaban J connectivity index is 2.00. The van der Waals surface area contributed by atoms with E-state index in [1.807, 2.05) is 24.3 Å². The molecule has 4 heteroatoms. The van der Waals surface area contributed by atoms with Crippen molar-refractivity contribution < 1.29 is 4.79 Å². The third-order valence-electron chi connectivity index (χ3n) is 2.91. The molecule has 0 aliphatic rings. The number of aromatic nitrogens is 1. The summed E-state index contributed by atoms with van der Waals surface area (Å²) in [7, 11) is 0. The lowest BCUT2D eigenvalue weighted by Crippen LogP contribution is -1.94. The molecule has 0 radical (unpaired) electrons. The number of hydrogen-bond donors (Lipinski definition) is 0. The number of halogens is 1. The van der Waals surface area contributed by atoms with Crippen LogP contribution < -0.4 is 0 Å². The zero-order valence-corrected chi connectivity index (χ0v) is 11.5. The quantitative estimate of drug-likeness (QED) is 0.670. The van der Waals surface area contributed by atoms with Gasteiger partial charge < -0.3 is 0 Å². The fourth-order valence-corrected chi connectivity index (χ4v) is 3.19. The van der Waals surface area contributed by atoms with Crippen LogP contribution in [-0.2, 0) is 6.42 Å². The molecule has 0 aliphatic heterocycles. The largest absolute Gasteiger partial charge is 0.298 e. The smallest absolute Gasteiger partial charge is 0.150 e. The number of carbonyl (C=O) groups is 1. The maximum absolute atomic E-state index is 11.0. The van der Waals surface area contributed by atoms with E-state index in [9.17, 15) is 4.79 Å². The first-order chi connectivity index (χ1) is 9.26. The molecule has 2 nitrogen and oxygen atoms in total. The maximum atomic E-state index is 11.0. The predicted molar refractivity (Wildman–Crippen MR) is 79.3 cm³/mol. The van der Waals surface area contributed by atoms with Gasteiger partial charge in [0.15, 0.2) is 0 Å². The first-order valence-corrected chi connectivity index (χ1v) is 7.04. The average molecular weight is 288 g/mol. The average Bonchev–Trinajstić information content (AvgIpc) is 2.81. The van der Waals surface area contributed by atoms with Crippen molar-refractivity contribution in [1.29, 1.82) is 0 Å². The lowest BCUT2D eigenvalue weighted by atomic mass is 10.1. The Kier molecular flexibility index (Phi) is 3.32. The molecule has 94 valence electrons. The van der Waals surface area contributed by atoms with Gasteiger partial charge in [0.2, 0.25) is 0 Å². The summed E-state index contributed by atoms with van der Waals surface area (Å²) in [4.78, 5) is 15.6. The van der Waals surface area contributed by atoms with Crippen LogP contribution in [0.15, 0.2) is 42.5 Å². The summed E-state index contributed by atoms with van der Waals surface area (Å²) < 4.78 is 1.16. The number of benzene rings is 2. The van der Waals surface area contributed by atoms with Gasteiger partial charge in [-0.1, -0.05) is 23.7 Å². The molecule has 1 aromatic heterocycles. The van der Waals surface area contributed by atoms with Gasteiger partial charge in [-0.25, -0.2) is 4.98 Å². The Labute approximate surface area is 119 Å². The Hall–Kier alpha value is -1.71. The first kappa shape index (κ1) is 12.3.